The molecular weight excluding hydrogens is 304 g/mol. The molecule has 1 heterocycles. The Balaban J connectivity index is 2.20. The van der Waals surface area contributed by atoms with Gasteiger partial charge in [-0.1, -0.05) is 43.7 Å². The molecule has 0 aromatic heterocycles. The Morgan fingerprint density at radius 1 is 1.00 bits per heavy atom. The molecule has 0 fully saturated rings. The lowest BCUT2D eigenvalue weighted by Crippen LogP contribution is -2.26. The van der Waals surface area contributed by atoms with Gasteiger partial charge in [-0.2, -0.15) is 0 Å². The maximum Gasteiger partial charge on any atom is 0.335 e. The third kappa shape index (κ3) is 2.71. The molecule has 0 amide bonds. The first-order valence-electron chi connectivity index (χ1n) is 7.72. The first-order chi connectivity index (χ1) is 11.4. The quantitative estimate of drug-likeness (QED) is 0.858. The summed E-state index contributed by atoms with van der Waals surface area (Å²) in [5, 5.41) is 25.2. The van der Waals surface area contributed by atoms with E-state index in [2.05, 4.69) is 20.7 Å². The largest absolute Gasteiger partial charge is 0.478 e. The van der Waals surface area contributed by atoms with Crippen molar-refractivity contribution in [1.29, 1.82) is 0 Å². The zero-order valence-corrected chi connectivity index (χ0v) is 13.8. The van der Waals surface area contributed by atoms with Crippen molar-refractivity contribution in [2.24, 2.45) is 26.6 Å². The maximum absolute atomic E-state index is 11.6. The molecule has 0 radical (unpaired) electrons. The number of aryl methyl sites for hydroxylation is 1. The first kappa shape index (κ1) is 16.0. The van der Waals surface area contributed by atoms with E-state index in [0.29, 0.717) is 5.56 Å². The van der Waals surface area contributed by atoms with Gasteiger partial charge in [-0.05, 0) is 46.7 Å². The summed E-state index contributed by atoms with van der Waals surface area (Å²) in [7, 11) is 0. The van der Waals surface area contributed by atoms with Crippen LogP contribution >= 0.6 is 0 Å². The molecular formula is C18H18N4O2. The molecule has 3 rings (SSSR count). The molecule has 2 aromatic carbocycles. The van der Waals surface area contributed by atoms with Gasteiger partial charge in [0.25, 0.3) is 0 Å². The Hall–Kier alpha value is -2.89. The van der Waals surface area contributed by atoms with Gasteiger partial charge in [-0.25, -0.2) is 4.79 Å². The summed E-state index contributed by atoms with van der Waals surface area (Å²) in [6.45, 7) is 5.93. The second kappa shape index (κ2) is 5.96. The fraction of sp³-hybridized carbons (Fsp3) is 0.278. The van der Waals surface area contributed by atoms with Crippen molar-refractivity contribution in [1.82, 2.24) is 0 Å². The zero-order chi connectivity index (χ0) is 17.3. The number of benzene rings is 2. The number of rotatable bonds is 4. The van der Waals surface area contributed by atoms with Gasteiger partial charge in [0.2, 0.25) is 5.66 Å². The van der Waals surface area contributed by atoms with Crippen LogP contribution in [0.1, 0.15) is 35.3 Å². The summed E-state index contributed by atoms with van der Waals surface area (Å²) >= 11 is 0. The molecule has 122 valence electrons. The van der Waals surface area contributed by atoms with Crippen molar-refractivity contribution in [2.45, 2.75) is 26.4 Å². The SMILES string of the molecule is Cc1ccc(-c2cc(C(=O)O)cc(C3(C(C)C)N=NN=N3)c2)cc1. The van der Waals surface area contributed by atoms with Crippen LogP contribution in [0.15, 0.2) is 63.1 Å². The average Bonchev–Trinajstić information content (AvgIpc) is 3.06. The maximum atomic E-state index is 11.6. The number of carbonyl (C=O) groups is 1. The highest BCUT2D eigenvalue weighted by Crippen LogP contribution is 2.41. The average molecular weight is 322 g/mol. The number of carboxylic acid groups (broad SMARTS) is 1. The zero-order valence-electron chi connectivity index (χ0n) is 13.8. The summed E-state index contributed by atoms with van der Waals surface area (Å²) in [5.74, 6) is -1.00. The number of hydrogen-bond acceptors (Lipinski definition) is 5. The van der Waals surface area contributed by atoms with Gasteiger partial charge >= 0.3 is 5.97 Å². The Morgan fingerprint density at radius 2 is 1.62 bits per heavy atom. The van der Waals surface area contributed by atoms with Crippen molar-refractivity contribution in [3.63, 3.8) is 0 Å². The van der Waals surface area contributed by atoms with Crippen LogP contribution < -0.4 is 0 Å². The predicted molar refractivity (Wildman–Crippen MR) is 89.8 cm³/mol. The standard InChI is InChI=1S/C18H18N4O2/c1-11(2)18(19-21-22-20-18)16-9-14(8-15(10-16)17(23)24)13-6-4-12(3)5-7-13/h4-11H,1-3H3,(H,23,24). The first-order valence-corrected chi connectivity index (χ1v) is 7.72. The highest BCUT2D eigenvalue weighted by atomic mass is 16.4. The highest BCUT2D eigenvalue weighted by Gasteiger charge is 2.40. The molecule has 24 heavy (non-hydrogen) atoms. The summed E-state index contributed by atoms with van der Waals surface area (Å²) in [6.07, 6.45) is 0. The fourth-order valence-electron chi connectivity index (χ4n) is 2.75. The number of hydrogen-bond donors (Lipinski definition) is 1. The predicted octanol–water partition coefficient (Wildman–Crippen LogP) is 5.00. The summed E-state index contributed by atoms with van der Waals surface area (Å²) < 4.78 is 0. The van der Waals surface area contributed by atoms with Gasteiger partial charge in [0.1, 0.15) is 0 Å². The second-order valence-electron chi connectivity index (χ2n) is 6.23. The lowest BCUT2D eigenvalue weighted by molar-refractivity contribution is 0.0696. The molecule has 0 unspecified atom stereocenters. The lowest BCUT2D eigenvalue weighted by atomic mass is 9.86. The Kier molecular flexibility index (Phi) is 3.97. The normalized spacial score (nSPS) is 15.2. The molecule has 0 saturated heterocycles. The van der Waals surface area contributed by atoms with Crippen molar-refractivity contribution >= 4 is 5.97 Å². The van der Waals surface area contributed by atoms with Crippen LogP contribution in [0.2, 0.25) is 0 Å². The lowest BCUT2D eigenvalue weighted by Gasteiger charge is -2.25. The van der Waals surface area contributed by atoms with Crippen LogP contribution in [0.25, 0.3) is 11.1 Å². The van der Waals surface area contributed by atoms with Crippen LogP contribution in [-0.4, -0.2) is 11.1 Å². The minimum absolute atomic E-state index is 0.0117. The van der Waals surface area contributed by atoms with Crippen LogP contribution in [0.4, 0.5) is 0 Å². The third-order valence-electron chi connectivity index (χ3n) is 4.23. The van der Waals surface area contributed by atoms with E-state index in [4.69, 9.17) is 0 Å². The van der Waals surface area contributed by atoms with E-state index in [1.165, 1.54) is 0 Å². The van der Waals surface area contributed by atoms with E-state index in [1.54, 1.807) is 12.1 Å². The van der Waals surface area contributed by atoms with E-state index in [1.807, 2.05) is 51.1 Å². The van der Waals surface area contributed by atoms with E-state index in [0.717, 1.165) is 16.7 Å². The van der Waals surface area contributed by atoms with Crippen molar-refractivity contribution in [3.05, 3.63) is 59.2 Å². The van der Waals surface area contributed by atoms with Crippen LogP contribution in [0.3, 0.4) is 0 Å². The number of carboxylic acids is 1. The Bertz CT molecular complexity index is 827. The van der Waals surface area contributed by atoms with Gasteiger partial charge in [0.05, 0.1) is 5.56 Å². The monoisotopic (exact) mass is 322 g/mol. The summed E-state index contributed by atoms with van der Waals surface area (Å²) in [4.78, 5) is 11.6. The van der Waals surface area contributed by atoms with Crippen LogP contribution in [0.5, 0.6) is 0 Å². The molecule has 0 bridgehead atoms. The van der Waals surface area contributed by atoms with Crippen LogP contribution in [-0.2, 0) is 5.66 Å². The molecule has 0 spiro atoms. The van der Waals surface area contributed by atoms with Gasteiger partial charge < -0.3 is 5.11 Å². The van der Waals surface area contributed by atoms with Crippen molar-refractivity contribution < 1.29 is 9.90 Å². The molecule has 1 N–H and O–H groups in total. The summed E-state index contributed by atoms with van der Waals surface area (Å²) in [6, 6.07) is 13.1. The Labute approximate surface area is 139 Å². The van der Waals surface area contributed by atoms with Gasteiger partial charge in [-0.3, -0.25) is 0 Å². The third-order valence-corrected chi connectivity index (χ3v) is 4.23. The molecule has 1 aliphatic rings. The van der Waals surface area contributed by atoms with E-state index in [9.17, 15) is 9.90 Å². The molecule has 0 atom stereocenters. The molecule has 0 aliphatic carbocycles. The van der Waals surface area contributed by atoms with Gasteiger partial charge in [0.15, 0.2) is 0 Å². The molecule has 6 heteroatoms. The van der Waals surface area contributed by atoms with E-state index >= 15 is 0 Å². The van der Waals surface area contributed by atoms with Crippen molar-refractivity contribution in [2.75, 3.05) is 0 Å². The van der Waals surface area contributed by atoms with Gasteiger partial charge in [0, 0.05) is 11.5 Å². The molecule has 6 nitrogen and oxygen atoms in total. The van der Waals surface area contributed by atoms with Crippen LogP contribution in [0, 0.1) is 12.8 Å². The topological polar surface area (TPSA) is 86.7 Å². The van der Waals surface area contributed by atoms with E-state index in [-0.39, 0.29) is 11.5 Å². The van der Waals surface area contributed by atoms with Crippen molar-refractivity contribution in [3.8, 4) is 11.1 Å². The number of aromatic carboxylic acids is 1. The van der Waals surface area contributed by atoms with E-state index < -0.39 is 11.6 Å². The highest BCUT2D eigenvalue weighted by molar-refractivity contribution is 5.90. The second-order valence-corrected chi connectivity index (χ2v) is 6.23. The minimum Gasteiger partial charge on any atom is -0.478 e. The minimum atomic E-state index is -0.990. The molecule has 0 saturated carbocycles. The summed E-state index contributed by atoms with van der Waals surface area (Å²) in [5.41, 5.74) is 2.80. The Morgan fingerprint density at radius 3 is 2.17 bits per heavy atom. The van der Waals surface area contributed by atoms with Gasteiger partial charge in [-0.15, -0.1) is 10.2 Å². The number of nitrogens with zero attached hydrogens (tertiary/aromatic N) is 4. The fourth-order valence-corrected chi connectivity index (χ4v) is 2.75. The molecule has 1 aliphatic heterocycles. The smallest absolute Gasteiger partial charge is 0.335 e. The molecule has 2 aromatic rings.